The van der Waals surface area contributed by atoms with Crippen LogP contribution in [0.2, 0.25) is 0 Å². The van der Waals surface area contributed by atoms with Crippen molar-refractivity contribution in [2.24, 2.45) is 0 Å². The smallest absolute Gasteiger partial charge is 0.431 e. The van der Waals surface area contributed by atoms with Crippen LogP contribution in [0.3, 0.4) is 0 Å². The molecule has 0 unspecified atom stereocenters. The molecule has 0 aliphatic carbocycles. The minimum atomic E-state index is -4.76. The lowest BCUT2D eigenvalue weighted by molar-refractivity contribution is -0.142. The van der Waals surface area contributed by atoms with Crippen LogP contribution < -0.4 is 0 Å². The zero-order chi connectivity index (χ0) is 19.0. The third-order valence-electron chi connectivity index (χ3n) is 3.34. The first-order chi connectivity index (χ1) is 11.5. The number of aromatic nitrogens is 3. The molecule has 0 aliphatic heterocycles. The molecule has 0 aliphatic rings. The number of hydrogen-bond donors (Lipinski definition) is 0. The summed E-state index contributed by atoms with van der Waals surface area (Å²) < 4.78 is 69.2. The number of nitrogens with zero attached hydrogens (tertiary/aromatic N) is 4. The van der Waals surface area contributed by atoms with E-state index in [1.807, 2.05) is 0 Å². The van der Waals surface area contributed by atoms with Crippen molar-refractivity contribution in [3.8, 4) is 0 Å². The van der Waals surface area contributed by atoms with E-state index in [-0.39, 0.29) is 23.6 Å². The van der Waals surface area contributed by atoms with Gasteiger partial charge < -0.3 is 4.74 Å². The highest BCUT2D eigenvalue weighted by Crippen LogP contribution is 2.31. The Labute approximate surface area is 141 Å². The second kappa shape index (κ2) is 6.59. The SMILES string of the molecule is CCOC(=O)c1ccc(C(F)(F)F)n2c(CN(C)S(C)(=O)=O)nnc12. The van der Waals surface area contributed by atoms with Gasteiger partial charge in [-0.15, -0.1) is 10.2 Å². The molecule has 0 atom stereocenters. The summed E-state index contributed by atoms with van der Waals surface area (Å²) in [5.74, 6) is -1.13. The summed E-state index contributed by atoms with van der Waals surface area (Å²) in [6.07, 6.45) is -3.85. The fourth-order valence-corrected chi connectivity index (χ4v) is 2.41. The third-order valence-corrected chi connectivity index (χ3v) is 4.60. The highest BCUT2D eigenvalue weighted by atomic mass is 32.2. The molecule has 0 bridgehead atoms. The Bertz CT molecular complexity index is 908. The quantitative estimate of drug-likeness (QED) is 0.726. The molecule has 2 heterocycles. The van der Waals surface area contributed by atoms with E-state index in [4.69, 9.17) is 4.74 Å². The van der Waals surface area contributed by atoms with Crippen molar-refractivity contribution in [3.63, 3.8) is 0 Å². The Balaban J connectivity index is 2.68. The summed E-state index contributed by atoms with van der Waals surface area (Å²) in [7, 11) is -2.46. The number of rotatable bonds is 5. The Kier molecular flexibility index (Phi) is 5.04. The van der Waals surface area contributed by atoms with Crippen LogP contribution in [-0.4, -0.2) is 53.2 Å². The molecule has 0 fully saturated rings. The summed E-state index contributed by atoms with van der Waals surface area (Å²) in [6, 6.07) is 1.65. The van der Waals surface area contributed by atoms with Crippen LogP contribution in [0.1, 0.15) is 28.8 Å². The van der Waals surface area contributed by atoms with Gasteiger partial charge in [0.15, 0.2) is 11.5 Å². The van der Waals surface area contributed by atoms with Gasteiger partial charge in [-0.1, -0.05) is 0 Å². The van der Waals surface area contributed by atoms with Gasteiger partial charge in [0.25, 0.3) is 0 Å². The first-order valence-electron chi connectivity index (χ1n) is 6.99. The first-order valence-corrected chi connectivity index (χ1v) is 8.84. The third kappa shape index (κ3) is 3.90. The summed E-state index contributed by atoms with van der Waals surface area (Å²) in [5, 5.41) is 7.25. The molecule has 12 heteroatoms. The van der Waals surface area contributed by atoms with Crippen LogP contribution in [0.4, 0.5) is 13.2 Å². The van der Waals surface area contributed by atoms with E-state index < -0.39 is 34.4 Å². The molecule has 0 spiro atoms. The lowest BCUT2D eigenvalue weighted by Gasteiger charge is -2.15. The van der Waals surface area contributed by atoms with Crippen LogP contribution in [0.15, 0.2) is 12.1 Å². The Morgan fingerprint density at radius 1 is 1.32 bits per heavy atom. The number of esters is 1. The van der Waals surface area contributed by atoms with Crippen molar-refractivity contribution in [1.29, 1.82) is 0 Å². The Morgan fingerprint density at radius 3 is 2.48 bits per heavy atom. The van der Waals surface area contributed by atoms with E-state index in [2.05, 4.69) is 10.2 Å². The summed E-state index contributed by atoms with van der Waals surface area (Å²) in [5.41, 5.74) is -1.68. The van der Waals surface area contributed by atoms with Gasteiger partial charge in [-0.05, 0) is 19.1 Å². The molecule has 0 radical (unpaired) electrons. The molecular weight excluding hydrogens is 365 g/mol. The van der Waals surface area contributed by atoms with Gasteiger partial charge in [0, 0.05) is 7.05 Å². The largest absolute Gasteiger partial charge is 0.462 e. The lowest BCUT2D eigenvalue weighted by atomic mass is 10.2. The monoisotopic (exact) mass is 380 g/mol. The molecule has 138 valence electrons. The standard InChI is InChI=1S/C13H15F3N4O4S/c1-4-24-12(21)8-5-6-9(13(14,15)16)20-10(17-18-11(8)20)7-19(2)25(3,22)23/h5-6H,4,7H2,1-3H3. The van der Waals surface area contributed by atoms with Crippen molar-refractivity contribution < 1.29 is 31.1 Å². The first kappa shape index (κ1) is 19.1. The molecule has 8 nitrogen and oxygen atoms in total. The average Bonchev–Trinajstić information content (AvgIpc) is 2.88. The van der Waals surface area contributed by atoms with Crippen LogP contribution >= 0.6 is 0 Å². The summed E-state index contributed by atoms with van der Waals surface area (Å²) in [4.78, 5) is 11.9. The normalized spacial score (nSPS) is 12.8. The Morgan fingerprint density at radius 2 is 1.96 bits per heavy atom. The second-order valence-corrected chi connectivity index (χ2v) is 7.23. The number of fused-ring (bicyclic) bond motifs is 1. The lowest BCUT2D eigenvalue weighted by Crippen LogP contribution is -2.27. The maximum atomic E-state index is 13.3. The predicted molar refractivity (Wildman–Crippen MR) is 80.3 cm³/mol. The van der Waals surface area contributed by atoms with E-state index in [1.165, 1.54) is 7.05 Å². The molecular formula is C13H15F3N4O4S. The van der Waals surface area contributed by atoms with Crippen molar-refractivity contribution in [3.05, 3.63) is 29.2 Å². The van der Waals surface area contributed by atoms with Crippen LogP contribution in [0.25, 0.3) is 5.65 Å². The highest BCUT2D eigenvalue weighted by molar-refractivity contribution is 7.88. The molecule has 0 saturated heterocycles. The number of alkyl halides is 3. The van der Waals surface area contributed by atoms with Crippen LogP contribution in [0.5, 0.6) is 0 Å². The zero-order valence-electron chi connectivity index (χ0n) is 13.5. The van der Waals surface area contributed by atoms with Gasteiger partial charge >= 0.3 is 12.1 Å². The molecule has 25 heavy (non-hydrogen) atoms. The van der Waals surface area contributed by atoms with Crippen molar-refractivity contribution in [2.45, 2.75) is 19.6 Å². The average molecular weight is 380 g/mol. The number of hydrogen-bond acceptors (Lipinski definition) is 6. The molecule has 0 amide bonds. The van der Waals surface area contributed by atoms with E-state index in [1.54, 1.807) is 6.92 Å². The van der Waals surface area contributed by atoms with E-state index in [0.717, 1.165) is 16.6 Å². The molecule has 2 rings (SSSR count). The number of ether oxygens (including phenoxy) is 1. The molecule has 2 aromatic heterocycles. The molecule has 0 saturated carbocycles. The van der Waals surface area contributed by atoms with Gasteiger partial charge in [-0.2, -0.15) is 17.5 Å². The Hall–Kier alpha value is -2.21. The summed E-state index contributed by atoms with van der Waals surface area (Å²) in [6.45, 7) is 1.13. The van der Waals surface area contributed by atoms with E-state index in [0.29, 0.717) is 10.5 Å². The van der Waals surface area contributed by atoms with Crippen molar-refractivity contribution in [1.82, 2.24) is 18.9 Å². The van der Waals surface area contributed by atoms with E-state index in [9.17, 15) is 26.4 Å². The fraction of sp³-hybridized carbons (Fsp3) is 0.462. The maximum Gasteiger partial charge on any atom is 0.431 e. The van der Waals surface area contributed by atoms with Gasteiger partial charge in [0.05, 0.1) is 19.4 Å². The molecule has 0 N–H and O–H groups in total. The molecule has 2 aromatic rings. The van der Waals surface area contributed by atoms with Gasteiger partial charge in [-0.3, -0.25) is 4.40 Å². The van der Waals surface area contributed by atoms with Crippen molar-refractivity contribution >= 4 is 21.6 Å². The van der Waals surface area contributed by atoms with Gasteiger partial charge in [0.2, 0.25) is 10.0 Å². The summed E-state index contributed by atoms with van der Waals surface area (Å²) >= 11 is 0. The van der Waals surface area contributed by atoms with E-state index >= 15 is 0 Å². The topological polar surface area (TPSA) is 93.9 Å². The van der Waals surface area contributed by atoms with Crippen LogP contribution in [0, 0.1) is 0 Å². The van der Waals surface area contributed by atoms with Gasteiger partial charge in [0.1, 0.15) is 11.3 Å². The fourth-order valence-electron chi connectivity index (χ4n) is 2.06. The second-order valence-electron chi connectivity index (χ2n) is 5.14. The van der Waals surface area contributed by atoms with Crippen LogP contribution in [-0.2, 0) is 27.5 Å². The highest BCUT2D eigenvalue weighted by Gasteiger charge is 2.36. The molecule has 0 aromatic carbocycles. The number of carbonyl (C=O) groups excluding carboxylic acids is 1. The van der Waals surface area contributed by atoms with Gasteiger partial charge in [-0.25, -0.2) is 13.2 Å². The van der Waals surface area contributed by atoms with Crippen molar-refractivity contribution in [2.75, 3.05) is 19.9 Å². The minimum Gasteiger partial charge on any atom is -0.462 e. The number of sulfonamides is 1. The number of carbonyl (C=O) groups is 1. The maximum absolute atomic E-state index is 13.3. The minimum absolute atomic E-state index is 0.0316. The predicted octanol–water partition coefficient (Wildman–Crippen LogP) is 1.32. The number of halogens is 3. The number of pyridine rings is 1. The zero-order valence-corrected chi connectivity index (χ0v) is 14.3.